The third-order valence-electron chi connectivity index (χ3n) is 4.67. The summed E-state index contributed by atoms with van der Waals surface area (Å²) < 4.78 is 12.8. The van der Waals surface area contributed by atoms with Crippen molar-refractivity contribution < 1.29 is 14.4 Å². The first-order chi connectivity index (χ1) is 11.3. The number of benzene rings is 2. The van der Waals surface area contributed by atoms with E-state index in [1.54, 1.807) is 6.07 Å². The Balaban J connectivity index is 2.03. The molecule has 0 saturated heterocycles. The minimum Gasteiger partial charge on any atom is -0.312 e. The van der Waals surface area contributed by atoms with Crippen LogP contribution < -0.4 is 0 Å². The molecule has 128 valence electrons. The van der Waals surface area contributed by atoms with Crippen LogP contribution in [0.25, 0.3) is 0 Å². The van der Waals surface area contributed by atoms with Gasteiger partial charge in [-0.05, 0) is 48.7 Å². The van der Waals surface area contributed by atoms with Gasteiger partial charge in [0.2, 0.25) is 0 Å². The van der Waals surface area contributed by atoms with Crippen LogP contribution in [0.3, 0.4) is 0 Å². The summed E-state index contributed by atoms with van der Waals surface area (Å²) in [6.07, 6.45) is 1.44. The zero-order chi connectivity index (χ0) is 17.5. The van der Waals surface area contributed by atoms with Crippen molar-refractivity contribution in [1.29, 1.82) is 0 Å². The molecule has 4 nitrogen and oxygen atoms in total. The molecule has 7 heteroatoms. The highest BCUT2D eigenvalue weighted by atomic mass is 35.5. The Morgan fingerprint density at radius 1 is 1.04 bits per heavy atom. The Hall–Kier alpha value is -0.870. The third kappa shape index (κ3) is 3.41. The van der Waals surface area contributed by atoms with Crippen LogP contribution in [0.1, 0.15) is 41.5 Å². The molecule has 3 rings (SSSR count). The largest absolute Gasteiger partial charge is 0.403 e. The van der Waals surface area contributed by atoms with Gasteiger partial charge in [-0.2, -0.15) is 0 Å². The lowest BCUT2D eigenvalue weighted by molar-refractivity contribution is 0.237. The van der Waals surface area contributed by atoms with Crippen LogP contribution in [0.4, 0.5) is 0 Å². The maximum absolute atomic E-state index is 11.7. The van der Waals surface area contributed by atoms with E-state index in [-0.39, 0.29) is 12.0 Å². The summed E-state index contributed by atoms with van der Waals surface area (Å²) in [6, 6.07) is 13.1. The fourth-order valence-electron chi connectivity index (χ4n) is 3.41. The van der Waals surface area contributed by atoms with E-state index in [0.717, 1.165) is 27.8 Å². The maximum Gasteiger partial charge on any atom is 0.403 e. The highest BCUT2D eigenvalue weighted by Gasteiger charge is 2.36. The van der Waals surface area contributed by atoms with Crippen LogP contribution in [-0.4, -0.2) is 21.5 Å². The average Bonchev–Trinajstić information content (AvgIpc) is 2.55. The number of hydrogen-bond donors (Lipinski definition) is 2. The molecule has 0 saturated carbocycles. The van der Waals surface area contributed by atoms with Crippen LogP contribution in [-0.2, 0) is 4.57 Å². The normalized spacial score (nSPS) is 20.9. The van der Waals surface area contributed by atoms with Gasteiger partial charge in [-0.15, -0.1) is 0 Å². The Labute approximate surface area is 151 Å². The minimum absolute atomic E-state index is 0.136. The summed E-state index contributed by atoms with van der Waals surface area (Å²) in [5.41, 5.74) is 3.09. The third-order valence-corrected chi connectivity index (χ3v) is 6.51. The molecular weight excluding hydrogens is 368 g/mol. The number of hydrogen-bond acceptors (Lipinski definition) is 1. The van der Waals surface area contributed by atoms with Gasteiger partial charge in [-0.1, -0.05) is 53.5 Å². The number of nitrogens with zero attached hydrogens (tertiary/aromatic N) is 1. The number of rotatable bonds is 3. The maximum atomic E-state index is 11.7. The van der Waals surface area contributed by atoms with Crippen LogP contribution in [0.2, 0.25) is 10.0 Å². The molecule has 0 aromatic heterocycles. The predicted octanol–water partition coefficient (Wildman–Crippen LogP) is 4.98. The lowest BCUT2D eigenvalue weighted by Gasteiger charge is -2.37. The first kappa shape index (κ1) is 17.9. The van der Waals surface area contributed by atoms with Gasteiger partial charge < -0.3 is 9.79 Å². The quantitative estimate of drug-likeness (QED) is 0.731. The van der Waals surface area contributed by atoms with Crippen LogP contribution in [0.15, 0.2) is 42.5 Å². The Kier molecular flexibility index (Phi) is 5.08. The van der Waals surface area contributed by atoms with E-state index >= 15 is 0 Å². The predicted molar refractivity (Wildman–Crippen MR) is 96.5 cm³/mol. The summed E-state index contributed by atoms with van der Waals surface area (Å²) in [4.78, 5) is 19.0. The van der Waals surface area contributed by atoms with Crippen molar-refractivity contribution in [2.24, 2.45) is 0 Å². The van der Waals surface area contributed by atoms with E-state index in [2.05, 4.69) is 0 Å². The van der Waals surface area contributed by atoms with Crippen LogP contribution in [0.5, 0.6) is 0 Å². The van der Waals surface area contributed by atoms with Gasteiger partial charge in [0, 0.05) is 12.0 Å². The van der Waals surface area contributed by atoms with E-state index in [0.29, 0.717) is 16.5 Å². The lowest BCUT2D eigenvalue weighted by atomic mass is 9.77. The van der Waals surface area contributed by atoms with E-state index in [9.17, 15) is 14.4 Å². The molecule has 0 unspecified atom stereocenters. The second kappa shape index (κ2) is 6.80. The second-order valence-corrected chi connectivity index (χ2v) is 8.51. The molecule has 0 radical (unpaired) electrons. The molecule has 24 heavy (non-hydrogen) atoms. The molecule has 0 bridgehead atoms. The monoisotopic (exact) mass is 385 g/mol. The summed E-state index contributed by atoms with van der Waals surface area (Å²) >= 11 is 12.2. The standard InChI is InChI=1S/C17H18Cl2NO3P/c1-20(24(21,22)23)17-9-7-12(13-4-2-3-5-14(13)17)11-6-8-15(18)16(19)10-11/h2-6,8,10,12,17H,7,9H2,1H3,(H2,21,22,23)/t12-,17-/m0/s1. The summed E-state index contributed by atoms with van der Waals surface area (Å²) in [5, 5.41) is 1.03. The molecule has 0 amide bonds. The Bertz CT molecular complexity index is 808. The average molecular weight is 386 g/mol. The molecule has 2 aromatic rings. The summed E-state index contributed by atoms with van der Waals surface area (Å²) in [5.74, 6) is 0.136. The van der Waals surface area contributed by atoms with E-state index in [1.807, 2.05) is 36.4 Å². The van der Waals surface area contributed by atoms with Crippen LogP contribution >= 0.6 is 30.9 Å². The van der Waals surface area contributed by atoms with Gasteiger partial charge in [0.15, 0.2) is 0 Å². The topological polar surface area (TPSA) is 60.8 Å². The molecule has 0 spiro atoms. The fraction of sp³-hybridized carbons (Fsp3) is 0.294. The van der Waals surface area contributed by atoms with Crippen molar-refractivity contribution in [3.63, 3.8) is 0 Å². The molecule has 2 aromatic carbocycles. The van der Waals surface area contributed by atoms with Gasteiger partial charge in [-0.25, -0.2) is 9.24 Å². The lowest BCUT2D eigenvalue weighted by Crippen LogP contribution is -2.27. The molecule has 1 aliphatic carbocycles. The first-order valence-electron chi connectivity index (χ1n) is 7.61. The van der Waals surface area contributed by atoms with Gasteiger partial charge in [0.1, 0.15) is 0 Å². The molecule has 0 heterocycles. The molecule has 2 atom stereocenters. The van der Waals surface area contributed by atoms with Crippen molar-refractivity contribution >= 4 is 30.9 Å². The minimum atomic E-state index is -4.29. The van der Waals surface area contributed by atoms with E-state index < -0.39 is 7.75 Å². The van der Waals surface area contributed by atoms with E-state index in [1.165, 1.54) is 7.05 Å². The first-order valence-corrected chi connectivity index (χ1v) is 9.93. The van der Waals surface area contributed by atoms with Crippen molar-refractivity contribution in [2.45, 2.75) is 24.8 Å². The van der Waals surface area contributed by atoms with Crippen molar-refractivity contribution in [3.8, 4) is 0 Å². The zero-order valence-corrected chi connectivity index (χ0v) is 15.5. The molecule has 0 fully saturated rings. The molecule has 0 aliphatic heterocycles. The Morgan fingerprint density at radius 3 is 2.33 bits per heavy atom. The SMILES string of the molecule is CN([C@H]1CC[C@@H](c2ccc(Cl)c(Cl)c2)c2ccccc21)P(=O)(O)O. The highest BCUT2D eigenvalue weighted by molar-refractivity contribution is 7.49. The van der Waals surface area contributed by atoms with Gasteiger partial charge in [-0.3, -0.25) is 0 Å². The van der Waals surface area contributed by atoms with Crippen LogP contribution in [0, 0.1) is 0 Å². The van der Waals surface area contributed by atoms with Crippen molar-refractivity contribution in [3.05, 3.63) is 69.2 Å². The molecular formula is C17H18Cl2NO3P. The fourth-order valence-corrected chi connectivity index (χ4v) is 4.32. The van der Waals surface area contributed by atoms with Crippen molar-refractivity contribution in [2.75, 3.05) is 7.05 Å². The zero-order valence-electron chi connectivity index (χ0n) is 13.1. The van der Waals surface area contributed by atoms with Gasteiger partial charge in [0.05, 0.1) is 10.0 Å². The van der Waals surface area contributed by atoms with Crippen molar-refractivity contribution in [1.82, 2.24) is 4.67 Å². The summed E-state index contributed by atoms with van der Waals surface area (Å²) in [6.45, 7) is 0. The van der Waals surface area contributed by atoms with Gasteiger partial charge >= 0.3 is 7.75 Å². The summed E-state index contributed by atoms with van der Waals surface area (Å²) in [7, 11) is -2.82. The second-order valence-electron chi connectivity index (χ2n) is 6.04. The smallest absolute Gasteiger partial charge is 0.312 e. The van der Waals surface area contributed by atoms with E-state index in [4.69, 9.17) is 23.2 Å². The molecule has 1 aliphatic rings. The Morgan fingerprint density at radius 2 is 1.71 bits per heavy atom. The highest BCUT2D eigenvalue weighted by Crippen LogP contribution is 2.51. The number of halogens is 2. The van der Waals surface area contributed by atoms with Gasteiger partial charge in [0.25, 0.3) is 0 Å². The number of fused-ring (bicyclic) bond motifs is 1. The molecule has 2 N–H and O–H groups in total.